The molecule has 0 bridgehead atoms. The number of aryl methyl sites for hydroxylation is 1. The van der Waals surface area contributed by atoms with Crippen LogP contribution in [0.4, 0.5) is 11.5 Å². The molecule has 4 rings (SSSR count). The van der Waals surface area contributed by atoms with Gasteiger partial charge in [0.25, 0.3) is 0 Å². The normalized spacial score (nSPS) is 14.2. The highest BCUT2D eigenvalue weighted by molar-refractivity contribution is 7.99. The van der Waals surface area contributed by atoms with Crippen LogP contribution in [0.1, 0.15) is 63.2 Å². The minimum absolute atomic E-state index is 0.142. The van der Waals surface area contributed by atoms with Crippen molar-refractivity contribution in [3.8, 4) is 17.3 Å². The standard InChI is InChI=1S/C27H35N9O2S/c1-7-16(3)36(5)26-23(34-21(14-37)30-13-20-28-11-19(12-29-20)39-8-2)17(4)33-25(35-26)22-24(18-9-10-18)31-15-32-27(22)38-6/h11-12,14-16,18H,7-10,13H2,1-6H3,(H,30,34)/t16-/m1/s1. The van der Waals surface area contributed by atoms with Gasteiger partial charge in [0.2, 0.25) is 5.88 Å². The molecule has 1 saturated carbocycles. The van der Waals surface area contributed by atoms with Crippen LogP contribution in [0.2, 0.25) is 0 Å². The maximum absolute atomic E-state index is 12.0. The average molecular weight is 550 g/mol. The second-order valence-electron chi connectivity index (χ2n) is 9.33. The quantitative estimate of drug-likeness (QED) is 0.148. The Hall–Kier alpha value is -3.67. The summed E-state index contributed by atoms with van der Waals surface area (Å²) in [5.74, 6) is 3.54. The first-order chi connectivity index (χ1) is 18.9. The van der Waals surface area contributed by atoms with Gasteiger partial charge in [0.1, 0.15) is 29.9 Å². The number of nitrogens with one attached hydrogen (secondary N) is 1. The van der Waals surface area contributed by atoms with Crippen molar-refractivity contribution >= 4 is 35.4 Å². The zero-order valence-electron chi connectivity index (χ0n) is 23.3. The number of carbonyl (C=O) groups is 1. The van der Waals surface area contributed by atoms with E-state index in [2.05, 4.69) is 55.9 Å². The van der Waals surface area contributed by atoms with Crippen LogP contribution in [-0.2, 0) is 11.3 Å². The SMILES string of the molecule is CCSc1cnc(CN=C(C=O)Nc2c(C)nc(-c3c(OC)ncnc3C3CC3)nc2N(C)[C@H](C)CC)nc1. The first kappa shape index (κ1) is 28.3. The second kappa shape index (κ2) is 12.9. The van der Waals surface area contributed by atoms with Gasteiger partial charge in [-0.05, 0) is 38.9 Å². The molecule has 3 aromatic heterocycles. The maximum atomic E-state index is 12.0. The van der Waals surface area contributed by atoms with Gasteiger partial charge in [-0.15, -0.1) is 11.8 Å². The fourth-order valence-electron chi connectivity index (χ4n) is 4.02. The van der Waals surface area contributed by atoms with E-state index in [-0.39, 0.29) is 18.4 Å². The zero-order valence-corrected chi connectivity index (χ0v) is 24.1. The number of aldehydes is 1. The molecule has 12 heteroatoms. The Labute approximate surface area is 233 Å². The summed E-state index contributed by atoms with van der Waals surface area (Å²) in [6.07, 6.45) is 8.78. The van der Waals surface area contributed by atoms with Crippen LogP contribution >= 0.6 is 11.8 Å². The van der Waals surface area contributed by atoms with Gasteiger partial charge in [0, 0.05) is 36.3 Å². The van der Waals surface area contributed by atoms with E-state index in [0.717, 1.165) is 35.6 Å². The van der Waals surface area contributed by atoms with Crippen LogP contribution in [0.25, 0.3) is 11.4 Å². The van der Waals surface area contributed by atoms with Crippen molar-refractivity contribution in [3.05, 3.63) is 35.9 Å². The number of thioether (sulfide) groups is 1. The minimum Gasteiger partial charge on any atom is -0.480 e. The van der Waals surface area contributed by atoms with Crippen LogP contribution < -0.4 is 15.0 Å². The number of methoxy groups -OCH3 is 1. The summed E-state index contributed by atoms with van der Waals surface area (Å²) in [7, 11) is 3.57. The highest BCUT2D eigenvalue weighted by atomic mass is 32.2. The molecule has 11 nitrogen and oxygen atoms in total. The van der Waals surface area contributed by atoms with Gasteiger partial charge >= 0.3 is 0 Å². The van der Waals surface area contributed by atoms with Gasteiger partial charge in [-0.1, -0.05) is 13.8 Å². The number of hydrogen-bond acceptors (Lipinski definition) is 11. The highest BCUT2D eigenvalue weighted by Crippen LogP contribution is 2.45. The number of amidine groups is 1. The van der Waals surface area contributed by atoms with E-state index in [1.54, 1.807) is 31.3 Å². The van der Waals surface area contributed by atoms with Crippen LogP contribution in [0.5, 0.6) is 5.88 Å². The molecule has 1 fully saturated rings. The molecular weight excluding hydrogens is 514 g/mol. The van der Waals surface area contributed by atoms with E-state index < -0.39 is 0 Å². The van der Waals surface area contributed by atoms with E-state index in [4.69, 9.17) is 14.7 Å². The van der Waals surface area contributed by atoms with E-state index in [0.29, 0.717) is 52.5 Å². The molecule has 0 aromatic carbocycles. The maximum Gasteiger partial charge on any atom is 0.227 e. The van der Waals surface area contributed by atoms with E-state index in [1.807, 2.05) is 14.0 Å². The van der Waals surface area contributed by atoms with Crippen molar-refractivity contribution in [1.82, 2.24) is 29.9 Å². The Kier molecular flexibility index (Phi) is 9.39. The molecule has 0 unspecified atom stereocenters. The monoisotopic (exact) mass is 549 g/mol. The predicted octanol–water partition coefficient (Wildman–Crippen LogP) is 4.47. The van der Waals surface area contributed by atoms with Gasteiger partial charge in [0.05, 0.1) is 18.5 Å². The summed E-state index contributed by atoms with van der Waals surface area (Å²) in [5.41, 5.74) is 2.87. The summed E-state index contributed by atoms with van der Waals surface area (Å²) >= 11 is 1.67. The molecule has 0 spiro atoms. The smallest absolute Gasteiger partial charge is 0.227 e. The highest BCUT2D eigenvalue weighted by Gasteiger charge is 2.32. The lowest BCUT2D eigenvalue weighted by Crippen LogP contribution is -2.31. The molecule has 0 aliphatic heterocycles. The fraction of sp³-hybridized carbons (Fsp3) is 0.481. The number of aromatic nitrogens is 6. The summed E-state index contributed by atoms with van der Waals surface area (Å²) in [6.45, 7) is 8.35. The van der Waals surface area contributed by atoms with E-state index >= 15 is 0 Å². The van der Waals surface area contributed by atoms with Gasteiger partial charge in [-0.2, -0.15) is 0 Å². The predicted molar refractivity (Wildman–Crippen MR) is 154 cm³/mol. The van der Waals surface area contributed by atoms with Gasteiger partial charge in [-0.25, -0.2) is 29.9 Å². The molecule has 0 radical (unpaired) electrons. The number of ether oxygens (including phenoxy) is 1. The van der Waals surface area contributed by atoms with Crippen molar-refractivity contribution < 1.29 is 9.53 Å². The van der Waals surface area contributed by atoms with Gasteiger partial charge < -0.3 is 15.0 Å². The Morgan fingerprint density at radius 1 is 1.23 bits per heavy atom. The Balaban J connectivity index is 1.72. The molecule has 206 valence electrons. The molecule has 1 atom stereocenters. The third-order valence-corrected chi connectivity index (χ3v) is 7.46. The molecule has 39 heavy (non-hydrogen) atoms. The van der Waals surface area contributed by atoms with Gasteiger partial charge in [0.15, 0.2) is 23.8 Å². The second-order valence-corrected chi connectivity index (χ2v) is 10.7. The Morgan fingerprint density at radius 3 is 2.59 bits per heavy atom. The van der Waals surface area contributed by atoms with Crippen molar-refractivity contribution in [2.24, 2.45) is 4.99 Å². The minimum atomic E-state index is 0.142. The van der Waals surface area contributed by atoms with Crippen molar-refractivity contribution in [3.63, 3.8) is 0 Å². The van der Waals surface area contributed by atoms with Crippen molar-refractivity contribution in [2.45, 2.75) is 70.4 Å². The summed E-state index contributed by atoms with van der Waals surface area (Å²) < 4.78 is 5.60. The fourth-order valence-corrected chi connectivity index (χ4v) is 4.61. The van der Waals surface area contributed by atoms with E-state index in [1.165, 1.54) is 6.33 Å². The number of aliphatic imine (C=N–C) groups is 1. The molecule has 1 aliphatic carbocycles. The van der Waals surface area contributed by atoms with Crippen LogP contribution in [0.15, 0.2) is 28.6 Å². The van der Waals surface area contributed by atoms with Crippen LogP contribution in [-0.4, -0.2) is 68.0 Å². The Morgan fingerprint density at radius 2 is 1.97 bits per heavy atom. The topological polar surface area (TPSA) is 131 Å². The molecule has 3 aromatic rings. The largest absolute Gasteiger partial charge is 0.480 e. The Bertz CT molecular complexity index is 1330. The molecule has 0 saturated heterocycles. The summed E-state index contributed by atoms with van der Waals surface area (Å²) in [6, 6.07) is 0.175. The molecule has 1 N–H and O–H groups in total. The zero-order chi connectivity index (χ0) is 27.9. The van der Waals surface area contributed by atoms with Crippen LogP contribution in [0.3, 0.4) is 0 Å². The lowest BCUT2D eigenvalue weighted by atomic mass is 10.1. The number of anilines is 2. The number of carbonyl (C=O) groups excluding carboxylic acids is 1. The molecule has 1 aliphatic rings. The lowest BCUT2D eigenvalue weighted by Gasteiger charge is -2.28. The van der Waals surface area contributed by atoms with Crippen LogP contribution in [0, 0.1) is 6.92 Å². The first-order valence-corrected chi connectivity index (χ1v) is 14.1. The number of hydrogen-bond donors (Lipinski definition) is 1. The number of nitrogens with zero attached hydrogens (tertiary/aromatic N) is 8. The molecule has 3 heterocycles. The first-order valence-electron chi connectivity index (χ1n) is 13.1. The van der Waals surface area contributed by atoms with E-state index in [9.17, 15) is 4.79 Å². The van der Waals surface area contributed by atoms with Crippen molar-refractivity contribution in [1.29, 1.82) is 0 Å². The molecular formula is C27H35N9O2S. The van der Waals surface area contributed by atoms with Crippen molar-refractivity contribution in [2.75, 3.05) is 30.1 Å². The summed E-state index contributed by atoms with van der Waals surface area (Å²) in [5, 5.41) is 3.18. The number of rotatable bonds is 12. The third-order valence-electron chi connectivity index (χ3n) is 6.63. The lowest BCUT2D eigenvalue weighted by molar-refractivity contribution is -0.102. The molecule has 0 amide bonds. The summed E-state index contributed by atoms with van der Waals surface area (Å²) in [4.78, 5) is 46.9. The third kappa shape index (κ3) is 6.67. The van der Waals surface area contributed by atoms with Gasteiger partial charge in [-0.3, -0.25) is 9.79 Å². The average Bonchev–Trinajstić information content (AvgIpc) is 3.81.